The van der Waals surface area contributed by atoms with Gasteiger partial charge in [-0.15, -0.1) is 0 Å². The van der Waals surface area contributed by atoms with E-state index in [1.165, 1.54) is 0 Å². The Morgan fingerprint density at radius 3 is 3.19 bits per heavy atom. The molecule has 0 saturated carbocycles. The van der Waals surface area contributed by atoms with Crippen LogP contribution in [-0.2, 0) is 6.54 Å². The molecule has 0 unspecified atom stereocenters. The Labute approximate surface area is 95.6 Å². The third kappa shape index (κ3) is 2.14. The van der Waals surface area contributed by atoms with Gasteiger partial charge >= 0.3 is 0 Å². The van der Waals surface area contributed by atoms with Gasteiger partial charge in [-0.2, -0.15) is 0 Å². The maximum Gasteiger partial charge on any atom is 0.251 e. The molecule has 2 rings (SSSR count). The minimum Gasteiger partial charge on any atom is -0.348 e. The number of nitrogens with one attached hydrogen (secondary N) is 2. The molecule has 1 aliphatic rings. The molecule has 1 aliphatic heterocycles. The average molecular weight is 216 g/mol. The summed E-state index contributed by atoms with van der Waals surface area (Å²) in [5.41, 5.74) is 3.08. The fraction of sp³-hybridized carbons (Fsp3) is 0.308. The average Bonchev–Trinajstić information content (AvgIpc) is 2.68. The van der Waals surface area contributed by atoms with Crippen molar-refractivity contribution in [3.8, 4) is 0 Å². The molecular weight excluding hydrogens is 200 g/mol. The van der Waals surface area contributed by atoms with E-state index in [0.29, 0.717) is 6.54 Å². The van der Waals surface area contributed by atoms with Crippen LogP contribution in [0.3, 0.4) is 0 Å². The fourth-order valence-corrected chi connectivity index (χ4v) is 1.87. The first-order valence-corrected chi connectivity index (χ1v) is 5.54. The van der Waals surface area contributed by atoms with E-state index >= 15 is 0 Å². The monoisotopic (exact) mass is 216 g/mol. The summed E-state index contributed by atoms with van der Waals surface area (Å²) in [6, 6.07) is 5.86. The number of amides is 1. The predicted molar refractivity (Wildman–Crippen MR) is 65.2 cm³/mol. The molecule has 0 fully saturated rings. The van der Waals surface area contributed by atoms with Gasteiger partial charge in [0.05, 0.1) is 0 Å². The summed E-state index contributed by atoms with van der Waals surface area (Å²) in [6.45, 7) is 1.63. The van der Waals surface area contributed by atoms with Crippen LogP contribution in [0.4, 0.5) is 0 Å². The maximum atomic E-state index is 11.4. The zero-order chi connectivity index (χ0) is 11.4. The van der Waals surface area contributed by atoms with Crippen LogP contribution >= 0.6 is 0 Å². The van der Waals surface area contributed by atoms with Crippen LogP contribution in [0.15, 0.2) is 24.3 Å². The minimum atomic E-state index is 0.0421. The number of hydrogen-bond acceptors (Lipinski definition) is 2. The van der Waals surface area contributed by atoms with Crippen molar-refractivity contribution in [2.45, 2.75) is 13.0 Å². The molecule has 3 heteroatoms. The van der Waals surface area contributed by atoms with Gasteiger partial charge in [0, 0.05) is 12.1 Å². The zero-order valence-electron chi connectivity index (χ0n) is 9.42. The van der Waals surface area contributed by atoms with Gasteiger partial charge in [0.25, 0.3) is 5.91 Å². The molecule has 1 aromatic rings. The van der Waals surface area contributed by atoms with Crippen LogP contribution in [0.2, 0.25) is 0 Å². The third-order valence-electron chi connectivity index (χ3n) is 2.74. The van der Waals surface area contributed by atoms with E-state index in [4.69, 9.17) is 0 Å². The topological polar surface area (TPSA) is 41.1 Å². The van der Waals surface area contributed by atoms with Crippen molar-refractivity contribution in [2.24, 2.45) is 0 Å². The van der Waals surface area contributed by atoms with Gasteiger partial charge in [-0.1, -0.05) is 24.3 Å². The van der Waals surface area contributed by atoms with E-state index in [9.17, 15) is 4.79 Å². The van der Waals surface area contributed by atoms with Gasteiger partial charge in [-0.25, -0.2) is 0 Å². The lowest BCUT2D eigenvalue weighted by atomic mass is 10.0. The summed E-state index contributed by atoms with van der Waals surface area (Å²) in [6.07, 6.45) is 5.23. The largest absolute Gasteiger partial charge is 0.348 e. The molecule has 84 valence electrons. The SMILES string of the molecule is CNCCC=Cc1cccc2c1CNC2=O. The second kappa shape index (κ2) is 4.94. The first kappa shape index (κ1) is 10.9. The van der Waals surface area contributed by atoms with Gasteiger partial charge in [-0.3, -0.25) is 4.79 Å². The molecule has 0 saturated heterocycles. The second-order valence-corrected chi connectivity index (χ2v) is 3.85. The molecule has 16 heavy (non-hydrogen) atoms. The van der Waals surface area contributed by atoms with E-state index in [2.05, 4.69) is 28.9 Å². The van der Waals surface area contributed by atoms with Gasteiger partial charge in [0.1, 0.15) is 0 Å². The molecule has 2 N–H and O–H groups in total. The minimum absolute atomic E-state index is 0.0421. The molecule has 1 aromatic carbocycles. The van der Waals surface area contributed by atoms with Crippen molar-refractivity contribution in [1.29, 1.82) is 0 Å². The van der Waals surface area contributed by atoms with Crippen molar-refractivity contribution in [2.75, 3.05) is 13.6 Å². The van der Waals surface area contributed by atoms with Crippen LogP contribution in [-0.4, -0.2) is 19.5 Å². The summed E-state index contributed by atoms with van der Waals surface area (Å²) < 4.78 is 0. The Balaban J connectivity index is 2.17. The van der Waals surface area contributed by atoms with E-state index in [-0.39, 0.29) is 5.91 Å². The Morgan fingerprint density at radius 1 is 1.50 bits per heavy atom. The number of hydrogen-bond donors (Lipinski definition) is 2. The van der Waals surface area contributed by atoms with Gasteiger partial charge in [0.2, 0.25) is 0 Å². The third-order valence-corrected chi connectivity index (χ3v) is 2.74. The van der Waals surface area contributed by atoms with Crippen LogP contribution < -0.4 is 10.6 Å². The van der Waals surface area contributed by atoms with Crippen molar-refractivity contribution >= 4 is 12.0 Å². The Bertz CT molecular complexity index is 424. The number of rotatable bonds is 4. The van der Waals surface area contributed by atoms with Crippen molar-refractivity contribution in [3.05, 3.63) is 41.0 Å². The van der Waals surface area contributed by atoms with E-state index in [1.807, 2.05) is 19.2 Å². The number of benzene rings is 1. The molecule has 1 amide bonds. The Hall–Kier alpha value is -1.61. The van der Waals surface area contributed by atoms with E-state index in [1.54, 1.807) is 0 Å². The summed E-state index contributed by atoms with van der Waals surface area (Å²) in [4.78, 5) is 11.4. The van der Waals surface area contributed by atoms with Crippen LogP contribution in [0.5, 0.6) is 0 Å². The first-order chi connectivity index (χ1) is 7.83. The molecule has 0 radical (unpaired) electrons. The number of carbonyl (C=O) groups excluding carboxylic acids is 1. The highest BCUT2D eigenvalue weighted by molar-refractivity contribution is 5.99. The van der Waals surface area contributed by atoms with Crippen molar-refractivity contribution < 1.29 is 4.79 Å². The normalized spacial score (nSPS) is 14.2. The highest BCUT2D eigenvalue weighted by Gasteiger charge is 2.19. The standard InChI is InChI=1S/C13H16N2O/c1-14-8-3-2-5-10-6-4-7-11-12(10)9-15-13(11)16/h2,4-7,14H,3,8-9H2,1H3,(H,15,16). The molecule has 0 bridgehead atoms. The lowest BCUT2D eigenvalue weighted by Crippen LogP contribution is -2.12. The van der Waals surface area contributed by atoms with Gasteiger partial charge < -0.3 is 10.6 Å². The summed E-state index contributed by atoms with van der Waals surface area (Å²) in [5.74, 6) is 0.0421. The Kier molecular flexibility index (Phi) is 3.37. The molecule has 0 aromatic heterocycles. The van der Waals surface area contributed by atoms with Gasteiger partial charge in [-0.05, 0) is 37.2 Å². The molecule has 3 nitrogen and oxygen atoms in total. The summed E-state index contributed by atoms with van der Waals surface area (Å²) in [7, 11) is 1.94. The fourth-order valence-electron chi connectivity index (χ4n) is 1.87. The van der Waals surface area contributed by atoms with Crippen molar-refractivity contribution in [3.63, 3.8) is 0 Å². The quantitative estimate of drug-likeness (QED) is 0.750. The summed E-state index contributed by atoms with van der Waals surface area (Å²) >= 11 is 0. The lowest BCUT2D eigenvalue weighted by molar-refractivity contribution is 0.0966. The van der Waals surface area contributed by atoms with Crippen LogP contribution in [0.25, 0.3) is 6.08 Å². The number of fused-ring (bicyclic) bond motifs is 1. The molecule has 0 aliphatic carbocycles. The van der Waals surface area contributed by atoms with Gasteiger partial charge in [0.15, 0.2) is 0 Å². The Morgan fingerprint density at radius 2 is 2.38 bits per heavy atom. The van der Waals surface area contributed by atoms with Crippen molar-refractivity contribution in [1.82, 2.24) is 10.6 Å². The molecule has 1 heterocycles. The first-order valence-electron chi connectivity index (χ1n) is 5.54. The summed E-state index contributed by atoms with van der Waals surface area (Å²) in [5, 5.41) is 5.94. The smallest absolute Gasteiger partial charge is 0.251 e. The van der Waals surface area contributed by atoms with E-state index in [0.717, 1.165) is 29.7 Å². The number of carbonyl (C=O) groups is 1. The highest BCUT2D eigenvalue weighted by atomic mass is 16.1. The zero-order valence-corrected chi connectivity index (χ0v) is 9.42. The van der Waals surface area contributed by atoms with E-state index < -0.39 is 0 Å². The highest BCUT2D eigenvalue weighted by Crippen LogP contribution is 2.20. The second-order valence-electron chi connectivity index (χ2n) is 3.85. The molecular formula is C13H16N2O. The molecule has 0 spiro atoms. The maximum absolute atomic E-state index is 11.4. The lowest BCUT2D eigenvalue weighted by Gasteiger charge is -2.01. The van der Waals surface area contributed by atoms with Crippen LogP contribution in [0, 0.1) is 0 Å². The predicted octanol–water partition coefficient (Wildman–Crippen LogP) is 1.55. The van der Waals surface area contributed by atoms with Crippen LogP contribution in [0.1, 0.15) is 27.9 Å². The molecule has 0 atom stereocenters.